The molecule has 0 bridgehead atoms. The molecule has 1 unspecified atom stereocenters. The smallest absolute Gasteiger partial charge is 0.119 e. The van der Waals surface area contributed by atoms with Gasteiger partial charge in [0.25, 0.3) is 0 Å². The molecule has 0 rings (SSSR count). The van der Waals surface area contributed by atoms with Gasteiger partial charge >= 0.3 is 0 Å². The SMILES string of the molecule is O[PH](=S)SCl. The van der Waals surface area contributed by atoms with Crippen molar-refractivity contribution in [3.05, 3.63) is 0 Å². The van der Waals surface area contributed by atoms with Gasteiger partial charge in [0.05, 0.1) is 0 Å². The Morgan fingerprint density at radius 1 is 2.00 bits per heavy atom. The van der Waals surface area contributed by atoms with Gasteiger partial charge in [-0.25, -0.2) is 0 Å². The number of hydrogen-bond donors (Lipinski definition) is 1. The molecule has 5 heavy (non-hydrogen) atoms. The normalized spacial score (nSPS) is 14.8. The van der Waals surface area contributed by atoms with Crippen molar-refractivity contribution in [3.63, 3.8) is 0 Å². The van der Waals surface area contributed by atoms with E-state index in [1.54, 1.807) is 0 Å². The summed E-state index contributed by atoms with van der Waals surface area (Å²) in [5.41, 5.74) is 0. The molecule has 0 aliphatic carbocycles. The topological polar surface area (TPSA) is 20.2 Å². The third kappa shape index (κ3) is 5.25. The summed E-state index contributed by atoms with van der Waals surface area (Å²) >= 11 is 4.27. The molecular weight excluding hydrogens is 147 g/mol. The summed E-state index contributed by atoms with van der Waals surface area (Å²) in [6.07, 6.45) is -1.61. The molecule has 0 fully saturated rings. The molecule has 32 valence electrons. The van der Waals surface area contributed by atoms with Crippen molar-refractivity contribution >= 4 is 39.2 Å². The Balaban J connectivity index is 2.85. The zero-order valence-electron chi connectivity index (χ0n) is 2.14. The average molecular weight is 149 g/mol. The summed E-state index contributed by atoms with van der Waals surface area (Å²) in [5, 5.41) is 0. The van der Waals surface area contributed by atoms with Crippen LogP contribution in [-0.2, 0) is 11.8 Å². The van der Waals surface area contributed by atoms with Gasteiger partial charge in [0.2, 0.25) is 0 Å². The van der Waals surface area contributed by atoms with Crippen LogP contribution in [0.2, 0.25) is 0 Å². The highest BCUT2D eigenvalue weighted by atomic mass is 35.7. The van der Waals surface area contributed by atoms with Gasteiger partial charge in [-0.15, -0.1) is 0 Å². The Bertz CT molecular complexity index is 44.9. The Kier molecular flexibility index (Phi) is 4.30. The molecule has 0 saturated carbocycles. The standard InChI is InChI=1S/ClH2OPS2/c1-5-3(2)4/h3H,(H,2,4). The zero-order chi connectivity index (χ0) is 4.28. The summed E-state index contributed by atoms with van der Waals surface area (Å²) in [4.78, 5) is 8.11. The summed E-state index contributed by atoms with van der Waals surface area (Å²) in [5.74, 6) is 0. The van der Waals surface area contributed by atoms with Gasteiger partial charge in [0.1, 0.15) is 6.13 Å². The molecule has 5 heteroatoms. The van der Waals surface area contributed by atoms with Gasteiger partial charge < -0.3 is 4.89 Å². The summed E-state index contributed by atoms with van der Waals surface area (Å²) in [6.45, 7) is 0. The molecular formula is H2ClOPS2. The molecule has 0 radical (unpaired) electrons. The molecule has 0 aliphatic rings. The van der Waals surface area contributed by atoms with Crippen LogP contribution in [-0.4, -0.2) is 4.89 Å². The minimum atomic E-state index is -1.61. The van der Waals surface area contributed by atoms with E-state index >= 15 is 0 Å². The fourth-order valence-corrected chi connectivity index (χ4v) is 0. The van der Waals surface area contributed by atoms with Crippen LogP contribution in [0.3, 0.4) is 0 Å². The van der Waals surface area contributed by atoms with Crippen molar-refractivity contribution in [1.29, 1.82) is 0 Å². The lowest BCUT2D eigenvalue weighted by Crippen LogP contribution is -1.27. The lowest BCUT2D eigenvalue weighted by molar-refractivity contribution is 0.658. The van der Waals surface area contributed by atoms with Crippen LogP contribution in [0.5, 0.6) is 0 Å². The fraction of sp³-hybridized carbons (Fsp3) is 0. The molecule has 0 saturated heterocycles. The van der Waals surface area contributed by atoms with Crippen LogP contribution in [0, 0.1) is 0 Å². The molecule has 0 spiro atoms. The Morgan fingerprint density at radius 3 is 2.20 bits per heavy atom. The molecule has 1 N–H and O–H groups in total. The molecule has 0 aromatic heterocycles. The van der Waals surface area contributed by atoms with Crippen molar-refractivity contribution in [2.45, 2.75) is 0 Å². The molecule has 0 aromatic rings. The second-order valence-corrected chi connectivity index (χ2v) is 5.98. The van der Waals surface area contributed by atoms with E-state index in [2.05, 4.69) is 11.8 Å². The maximum atomic E-state index is 8.11. The highest BCUT2D eigenvalue weighted by molar-refractivity contribution is 8.71. The van der Waals surface area contributed by atoms with Crippen molar-refractivity contribution in [2.24, 2.45) is 0 Å². The van der Waals surface area contributed by atoms with Gasteiger partial charge in [-0.2, -0.15) is 0 Å². The summed E-state index contributed by atoms with van der Waals surface area (Å²) in [7, 11) is 5.77. The van der Waals surface area contributed by atoms with Crippen LogP contribution in [0.4, 0.5) is 0 Å². The lowest BCUT2D eigenvalue weighted by atomic mass is 15.9. The fourth-order valence-electron chi connectivity index (χ4n) is 0. The lowest BCUT2D eigenvalue weighted by Gasteiger charge is -1.75. The quantitative estimate of drug-likeness (QED) is 0.568. The average Bonchev–Trinajstić information content (AvgIpc) is 1.38. The molecule has 0 aromatic carbocycles. The van der Waals surface area contributed by atoms with Crippen LogP contribution in [0.15, 0.2) is 0 Å². The molecule has 0 aliphatic heterocycles. The first-order chi connectivity index (χ1) is 2.27. The summed E-state index contributed by atoms with van der Waals surface area (Å²) < 4.78 is 0. The monoisotopic (exact) mass is 148 g/mol. The van der Waals surface area contributed by atoms with Crippen molar-refractivity contribution in [3.8, 4) is 0 Å². The molecule has 0 amide bonds. The van der Waals surface area contributed by atoms with Gasteiger partial charge in [-0.1, -0.05) is 11.8 Å². The van der Waals surface area contributed by atoms with Crippen LogP contribution >= 0.6 is 27.4 Å². The van der Waals surface area contributed by atoms with E-state index in [1.807, 2.05) is 0 Å². The van der Waals surface area contributed by atoms with Gasteiger partial charge in [-0.05, 0) is 10.7 Å². The summed E-state index contributed by atoms with van der Waals surface area (Å²) in [6, 6.07) is 0. The maximum Gasteiger partial charge on any atom is 0.119 e. The molecule has 1 atom stereocenters. The highest BCUT2D eigenvalue weighted by Crippen LogP contribution is 2.36. The predicted molar refractivity (Wildman–Crippen MR) is 31.3 cm³/mol. The Morgan fingerprint density at radius 2 is 2.20 bits per heavy atom. The highest BCUT2D eigenvalue weighted by Gasteiger charge is 1.74. The van der Waals surface area contributed by atoms with Crippen LogP contribution in [0.1, 0.15) is 0 Å². The molecule has 0 heterocycles. The molecule has 1 nitrogen and oxygen atoms in total. The maximum absolute atomic E-state index is 8.11. The van der Waals surface area contributed by atoms with Crippen molar-refractivity contribution < 1.29 is 4.89 Å². The van der Waals surface area contributed by atoms with E-state index in [1.165, 1.54) is 0 Å². The second-order valence-electron chi connectivity index (χ2n) is 0.343. The third-order valence-electron chi connectivity index (χ3n) is 0.0660. The number of hydrogen-bond acceptors (Lipinski definition) is 2. The van der Waals surface area contributed by atoms with Crippen LogP contribution < -0.4 is 0 Å². The minimum absolute atomic E-state index is 0.824. The van der Waals surface area contributed by atoms with Gasteiger partial charge in [-0.3, -0.25) is 0 Å². The number of rotatable bonds is 1. The first-order valence-electron chi connectivity index (χ1n) is 0.786. The Labute approximate surface area is 44.5 Å². The first-order valence-corrected chi connectivity index (χ1v) is 5.73. The largest absolute Gasteiger partial charge is 0.358 e. The zero-order valence-corrected chi connectivity index (χ0v) is 5.53. The third-order valence-corrected chi connectivity index (χ3v) is 3.48. The minimum Gasteiger partial charge on any atom is -0.358 e. The van der Waals surface area contributed by atoms with E-state index in [4.69, 9.17) is 15.6 Å². The van der Waals surface area contributed by atoms with Crippen molar-refractivity contribution in [1.82, 2.24) is 0 Å². The number of halogens is 1. The van der Waals surface area contributed by atoms with Crippen LogP contribution in [0.25, 0.3) is 0 Å². The second kappa shape index (κ2) is 3.44. The van der Waals surface area contributed by atoms with Crippen molar-refractivity contribution in [2.75, 3.05) is 0 Å². The Hall–Kier alpha value is 1.25. The van der Waals surface area contributed by atoms with E-state index in [9.17, 15) is 0 Å². The van der Waals surface area contributed by atoms with E-state index in [-0.39, 0.29) is 0 Å². The first kappa shape index (κ1) is 6.25. The predicted octanol–water partition coefficient (Wildman–Crippen LogP) is 1.37. The van der Waals surface area contributed by atoms with E-state index < -0.39 is 6.13 Å². The van der Waals surface area contributed by atoms with Gasteiger partial charge in [0.15, 0.2) is 0 Å². The van der Waals surface area contributed by atoms with Gasteiger partial charge in [0, 0.05) is 10.6 Å². The van der Waals surface area contributed by atoms with E-state index in [0.717, 1.165) is 10.6 Å². The van der Waals surface area contributed by atoms with E-state index in [0.29, 0.717) is 0 Å².